The average Bonchev–Trinajstić information content (AvgIpc) is 3.21. The number of nitrogens with zero attached hydrogens (tertiary/aromatic N) is 6. The van der Waals surface area contributed by atoms with Crippen molar-refractivity contribution in [2.45, 2.75) is 13.1 Å². The predicted molar refractivity (Wildman–Crippen MR) is 112 cm³/mol. The highest BCUT2D eigenvalue weighted by Crippen LogP contribution is 2.33. The van der Waals surface area contributed by atoms with Crippen molar-refractivity contribution in [1.82, 2.24) is 19.7 Å². The minimum atomic E-state index is -4.62. The van der Waals surface area contributed by atoms with E-state index in [0.29, 0.717) is 5.69 Å². The van der Waals surface area contributed by atoms with Crippen LogP contribution in [0.5, 0.6) is 0 Å². The van der Waals surface area contributed by atoms with Crippen molar-refractivity contribution in [2.75, 3.05) is 23.4 Å². The van der Waals surface area contributed by atoms with E-state index < -0.39 is 30.0 Å². The van der Waals surface area contributed by atoms with Crippen LogP contribution < -0.4 is 9.80 Å². The monoisotopic (exact) mass is 468 g/mol. The van der Waals surface area contributed by atoms with Crippen LogP contribution in [0.2, 0.25) is 5.02 Å². The number of aryl methyl sites for hydroxylation is 1. The van der Waals surface area contributed by atoms with Crippen LogP contribution in [-0.4, -0.2) is 39.2 Å². The van der Waals surface area contributed by atoms with E-state index in [4.69, 9.17) is 11.6 Å². The molecule has 1 aromatic carbocycles. The van der Waals surface area contributed by atoms with Gasteiger partial charge in [-0.05, 0) is 37.3 Å². The summed E-state index contributed by atoms with van der Waals surface area (Å²) in [6.07, 6.45) is -2.01. The normalized spacial score (nSPS) is 11.3. The Morgan fingerprint density at radius 3 is 2.59 bits per heavy atom. The van der Waals surface area contributed by atoms with Crippen LogP contribution in [0.1, 0.15) is 11.3 Å². The zero-order chi connectivity index (χ0) is 23.6. The quantitative estimate of drug-likeness (QED) is 0.491. The van der Waals surface area contributed by atoms with Gasteiger partial charge in [0.15, 0.2) is 0 Å². The van der Waals surface area contributed by atoms with Crippen LogP contribution in [0, 0.1) is 12.7 Å². The topological polar surface area (TPSA) is 67.2 Å². The van der Waals surface area contributed by atoms with Gasteiger partial charge in [-0.25, -0.2) is 14.1 Å². The molecule has 0 atom stereocenters. The zero-order valence-corrected chi connectivity index (χ0v) is 17.7. The largest absolute Gasteiger partial charge is 0.416 e. The van der Waals surface area contributed by atoms with Gasteiger partial charge in [0.25, 0.3) is 5.95 Å². The smallest absolute Gasteiger partial charge is 0.314 e. The van der Waals surface area contributed by atoms with E-state index in [2.05, 4.69) is 21.6 Å². The van der Waals surface area contributed by atoms with Gasteiger partial charge in [0.1, 0.15) is 24.5 Å². The lowest BCUT2D eigenvalue weighted by Gasteiger charge is -2.24. The summed E-state index contributed by atoms with van der Waals surface area (Å²) < 4.78 is 54.7. The highest BCUT2D eigenvalue weighted by molar-refractivity contribution is 6.31. The number of hydrogen-bond acceptors (Lipinski definition) is 5. The summed E-state index contributed by atoms with van der Waals surface area (Å²) in [5.41, 5.74) is -0.549. The summed E-state index contributed by atoms with van der Waals surface area (Å²) >= 11 is 5.78. The Hall–Kier alpha value is -3.47. The van der Waals surface area contributed by atoms with Gasteiger partial charge in [-0.15, -0.1) is 5.10 Å². The van der Waals surface area contributed by atoms with Gasteiger partial charge >= 0.3 is 6.18 Å². The molecule has 32 heavy (non-hydrogen) atoms. The van der Waals surface area contributed by atoms with E-state index in [1.54, 1.807) is 0 Å². The predicted octanol–water partition coefficient (Wildman–Crippen LogP) is 4.69. The van der Waals surface area contributed by atoms with Gasteiger partial charge in [-0.3, -0.25) is 9.69 Å². The first-order chi connectivity index (χ1) is 15.0. The minimum absolute atomic E-state index is 0.0602. The number of rotatable bonds is 6. The van der Waals surface area contributed by atoms with E-state index in [9.17, 15) is 22.4 Å². The van der Waals surface area contributed by atoms with E-state index in [0.717, 1.165) is 23.1 Å². The number of hydrogen-bond donors (Lipinski definition) is 0. The maximum atomic E-state index is 13.5. The van der Waals surface area contributed by atoms with Crippen molar-refractivity contribution < 1.29 is 22.4 Å². The van der Waals surface area contributed by atoms with Crippen LogP contribution in [0.3, 0.4) is 0 Å². The van der Waals surface area contributed by atoms with Crippen LogP contribution >= 0.6 is 11.6 Å². The molecule has 0 bridgehead atoms. The molecule has 0 saturated carbocycles. The maximum absolute atomic E-state index is 13.5. The molecular formula is C20H17ClF4N6O. The van der Waals surface area contributed by atoms with Crippen LogP contribution in [0.4, 0.5) is 35.0 Å². The Balaban J connectivity index is 2.00. The molecule has 0 radical (unpaired) electrons. The number of carbonyl (C=O) groups is 1. The lowest BCUT2D eigenvalue weighted by molar-refractivity contribution is -0.137. The third-order valence-electron chi connectivity index (χ3n) is 4.43. The molecule has 2 aromatic heterocycles. The van der Waals surface area contributed by atoms with Crippen LogP contribution in [0.15, 0.2) is 43.2 Å². The third-order valence-corrected chi connectivity index (χ3v) is 4.72. The van der Waals surface area contributed by atoms with E-state index in [1.165, 1.54) is 48.2 Å². The molecule has 0 aliphatic carbocycles. The number of aromatic nitrogens is 4. The number of likely N-dealkylation sites (N-methyl/N-ethyl adjacent to an activating group) is 1. The first kappa shape index (κ1) is 23.2. The number of pyridine rings is 1. The fourth-order valence-electron chi connectivity index (χ4n) is 2.76. The number of anilines is 3. The lowest BCUT2D eigenvalue weighted by Crippen LogP contribution is -2.37. The first-order valence-electron chi connectivity index (χ1n) is 9.08. The van der Waals surface area contributed by atoms with E-state index in [1.807, 2.05) is 0 Å². The molecule has 0 aliphatic heterocycles. The van der Waals surface area contributed by atoms with Gasteiger partial charge in [-0.2, -0.15) is 18.2 Å². The second-order valence-corrected chi connectivity index (χ2v) is 7.10. The number of halogens is 5. The molecule has 0 saturated heterocycles. The summed E-state index contributed by atoms with van der Waals surface area (Å²) in [7, 11) is 1.42. The standard InChI is InChI=1S/C20H17ClF4N6O/c1-4-30-11-26-19(28-30)31(17-8-13(20(23,24)25)7-12(2)27-17)10-18(32)29(3)14-5-6-16(22)15(21)9-14/h4-9,11H,1,10H2,2-3H3. The first-order valence-corrected chi connectivity index (χ1v) is 9.46. The Morgan fingerprint density at radius 2 is 2.00 bits per heavy atom. The number of amides is 1. The molecule has 0 N–H and O–H groups in total. The van der Waals surface area contributed by atoms with Gasteiger partial charge in [0.2, 0.25) is 5.91 Å². The molecule has 7 nitrogen and oxygen atoms in total. The van der Waals surface area contributed by atoms with Crippen molar-refractivity contribution in [3.8, 4) is 0 Å². The summed E-state index contributed by atoms with van der Waals surface area (Å²) in [4.78, 5) is 23.5. The second-order valence-electron chi connectivity index (χ2n) is 6.70. The fourth-order valence-corrected chi connectivity index (χ4v) is 2.94. The Morgan fingerprint density at radius 1 is 1.28 bits per heavy atom. The highest BCUT2D eigenvalue weighted by Gasteiger charge is 2.33. The summed E-state index contributed by atoms with van der Waals surface area (Å²) in [5.74, 6) is -1.44. The molecule has 1 amide bonds. The Labute approximate surface area is 185 Å². The van der Waals surface area contributed by atoms with E-state index in [-0.39, 0.29) is 22.5 Å². The highest BCUT2D eigenvalue weighted by atomic mass is 35.5. The second kappa shape index (κ2) is 8.95. The molecule has 0 fully saturated rings. The molecular weight excluding hydrogens is 452 g/mol. The van der Waals surface area contributed by atoms with Gasteiger partial charge in [0.05, 0.1) is 10.6 Å². The molecule has 0 aliphatic rings. The molecule has 3 rings (SSSR count). The number of benzene rings is 1. The van der Waals surface area contributed by atoms with Crippen molar-refractivity contribution in [1.29, 1.82) is 0 Å². The lowest BCUT2D eigenvalue weighted by atomic mass is 10.2. The summed E-state index contributed by atoms with van der Waals surface area (Å²) in [6, 6.07) is 5.41. The number of carbonyl (C=O) groups excluding carboxylic acids is 1. The fraction of sp³-hybridized carbons (Fsp3) is 0.200. The average molecular weight is 469 g/mol. The van der Waals surface area contributed by atoms with Crippen LogP contribution in [-0.2, 0) is 11.0 Å². The summed E-state index contributed by atoms with van der Waals surface area (Å²) in [6.45, 7) is 4.49. The molecule has 0 unspecified atom stereocenters. The van der Waals surface area contributed by atoms with Crippen molar-refractivity contribution >= 4 is 41.2 Å². The maximum Gasteiger partial charge on any atom is 0.416 e. The molecule has 0 spiro atoms. The number of alkyl halides is 3. The SMILES string of the molecule is C=Cn1cnc(N(CC(=O)N(C)c2ccc(F)c(Cl)c2)c2cc(C(F)(F)F)cc(C)n2)n1. The van der Waals surface area contributed by atoms with E-state index >= 15 is 0 Å². The Bertz CT molecular complexity index is 1160. The van der Waals surface area contributed by atoms with Crippen molar-refractivity contribution in [3.05, 3.63) is 65.3 Å². The van der Waals surface area contributed by atoms with Gasteiger partial charge in [-0.1, -0.05) is 18.2 Å². The van der Waals surface area contributed by atoms with Crippen LogP contribution in [0.25, 0.3) is 6.20 Å². The van der Waals surface area contributed by atoms with Gasteiger partial charge in [0, 0.05) is 24.6 Å². The van der Waals surface area contributed by atoms with Gasteiger partial charge < -0.3 is 4.90 Å². The zero-order valence-electron chi connectivity index (χ0n) is 16.9. The minimum Gasteiger partial charge on any atom is -0.314 e. The van der Waals surface area contributed by atoms with Crippen molar-refractivity contribution in [3.63, 3.8) is 0 Å². The van der Waals surface area contributed by atoms with Crippen molar-refractivity contribution in [2.24, 2.45) is 0 Å². The molecule has 168 valence electrons. The molecule has 12 heteroatoms. The third kappa shape index (κ3) is 5.05. The molecule has 2 heterocycles. The molecule has 3 aromatic rings. The summed E-state index contributed by atoms with van der Waals surface area (Å²) in [5, 5.41) is 3.91. The Kier molecular flexibility index (Phi) is 6.49.